The van der Waals surface area contributed by atoms with Gasteiger partial charge in [-0.1, -0.05) is 153 Å². The maximum atomic E-state index is 2.70. The SMILES string of the molecule is CC1(C)c2ccccc2-c2c1c1c(c3ccccc3n1C1(C)C=CC=CC1)c1c2c2ccccc2n1-c1ccc2c3ccccc3c3ccccc3c2c1. The number of para-hydroxylation sites is 2. The van der Waals surface area contributed by atoms with E-state index in [9.17, 15) is 0 Å². The summed E-state index contributed by atoms with van der Waals surface area (Å²) in [6.07, 6.45) is 10.1. The number of aromatic nitrogens is 2. The molecule has 0 spiro atoms. The Labute approximate surface area is 313 Å². The second-order valence-corrected chi connectivity index (χ2v) is 16.2. The molecule has 12 rings (SSSR count). The van der Waals surface area contributed by atoms with Crippen LogP contribution in [0.1, 0.15) is 38.3 Å². The molecule has 2 aromatic heterocycles. The number of allylic oxidation sites excluding steroid dienone is 4. The van der Waals surface area contributed by atoms with Crippen molar-refractivity contribution < 1.29 is 0 Å². The fraction of sp³-hybridized carbons (Fsp3) is 0.115. The van der Waals surface area contributed by atoms with Gasteiger partial charge >= 0.3 is 0 Å². The second-order valence-electron chi connectivity index (χ2n) is 16.2. The topological polar surface area (TPSA) is 9.86 Å². The Morgan fingerprint density at radius 2 is 1.07 bits per heavy atom. The van der Waals surface area contributed by atoms with E-state index in [2.05, 4.69) is 194 Å². The highest BCUT2D eigenvalue weighted by molar-refractivity contribution is 6.32. The number of hydrogen-bond acceptors (Lipinski definition) is 0. The van der Waals surface area contributed by atoms with Crippen LogP contribution < -0.4 is 0 Å². The van der Waals surface area contributed by atoms with Crippen LogP contribution >= 0.6 is 0 Å². The molecule has 1 atom stereocenters. The highest BCUT2D eigenvalue weighted by atomic mass is 15.1. The van der Waals surface area contributed by atoms with E-state index in [0.717, 1.165) is 6.42 Å². The largest absolute Gasteiger partial charge is 0.330 e. The minimum absolute atomic E-state index is 0.207. The van der Waals surface area contributed by atoms with Gasteiger partial charge in [0.25, 0.3) is 0 Å². The van der Waals surface area contributed by atoms with Crippen LogP contribution in [0, 0.1) is 0 Å². The van der Waals surface area contributed by atoms with Gasteiger partial charge < -0.3 is 9.13 Å². The third-order valence-electron chi connectivity index (χ3n) is 12.9. The highest BCUT2D eigenvalue weighted by Gasteiger charge is 2.43. The summed E-state index contributed by atoms with van der Waals surface area (Å²) in [4.78, 5) is 0. The van der Waals surface area contributed by atoms with Gasteiger partial charge in [0.15, 0.2) is 0 Å². The summed E-state index contributed by atoms with van der Waals surface area (Å²) in [7, 11) is 0. The van der Waals surface area contributed by atoms with Crippen LogP contribution in [0.15, 0.2) is 164 Å². The van der Waals surface area contributed by atoms with Crippen LogP contribution in [0.4, 0.5) is 0 Å². The molecule has 256 valence electrons. The molecule has 0 saturated heterocycles. The summed E-state index contributed by atoms with van der Waals surface area (Å²) in [6.45, 7) is 7.31. The molecular weight excluding hydrogens is 653 g/mol. The third-order valence-corrected chi connectivity index (χ3v) is 12.9. The molecule has 8 aromatic carbocycles. The van der Waals surface area contributed by atoms with Crippen LogP contribution in [0.25, 0.3) is 92.7 Å². The molecule has 0 amide bonds. The van der Waals surface area contributed by atoms with Gasteiger partial charge in [0.05, 0.1) is 22.1 Å². The summed E-state index contributed by atoms with van der Waals surface area (Å²) in [5.74, 6) is 0. The minimum Gasteiger partial charge on any atom is -0.330 e. The van der Waals surface area contributed by atoms with E-state index in [4.69, 9.17) is 0 Å². The third kappa shape index (κ3) is 3.66. The number of benzene rings is 8. The van der Waals surface area contributed by atoms with Gasteiger partial charge in [-0.25, -0.2) is 0 Å². The first-order valence-electron chi connectivity index (χ1n) is 19.3. The molecule has 2 aliphatic carbocycles. The van der Waals surface area contributed by atoms with Crippen molar-refractivity contribution in [2.24, 2.45) is 0 Å². The van der Waals surface area contributed by atoms with E-state index in [1.165, 1.54) is 104 Å². The van der Waals surface area contributed by atoms with Crippen molar-refractivity contribution in [3.05, 3.63) is 175 Å². The van der Waals surface area contributed by atoms with Crippen molar-refractivity contribution in [3.8, 4) is 16.8 Å². The van der Waals surface area contributed by atoms with E-state index in [-0.39, 0.29) is 11.0 Å². The van der Waals surface area contributed by atoms with E-state index in [1.807, 2.05) is 0 Å². The molecule has 0 radical (unpaired) electrons. The lowest BCUT2D eigenvalue weighted by Gasteiger charge is -2.33. The first kappa shape index (κ1) is 30.1. The van der Waals surface area contributed by atoms with Crippen molar-refractivity contribution in [1.29, 1.82) is 0 Å². The lowest BCUT2D eigenvalue weighted by Crippen LogP contribution is -2.29. The van der Waals surface area contributed by atoms with E-state index in [1.54, 1.807) is 0 Å². The fourth-order valence-electron chi connectivity index (χ4n) is 10.7. The van der Waals surface area contributed by atoms with Gasteiger partial charge in [0, 0.05) is 38.2 Å². The molecule has 2 heterocycles. The van der Waals surface area contributed by atoms with Crippen molar-refractivity contribution >= 4 is 75.9 Å². The molecule has 2 heteroatoms. The highest BCUT2D eigenvalue weighted by Crippen LogP contribution is 2.58. The van der Waals surface area contributed by atoms with Crippen LogP contribution in [0.3, 0.4) is 0 Å². The van der Waals surface area contributed by atoms with Gasteiger partial charge in [0.1, 0.15) is 0 Å². The summed E-state index contributed by atoms with van der Waals surface area (Å²) < 4.78 is 5.30. The number of rotatable bonds is 2. The molecular formula is C52H38N2. The van der Waals surface area contributed by atoms with E-state index < -0.39 is 0 Å². The lowest BCUT2D eigenvalue weighted by molar-refractivity contribution is 0.436. The first-order valence-corrected chi connectivity index (χ1v) is 19.3. The Bertz CT molecular complexity index is 3310. The molecule has 54 heavy (non-hydrogen) atoms. The molecule has 2 aliphatic rings. The Morgan fingerprint density at radius 3 is 1.76 bits per heavy atom. The molecule has 10 aromatic rings. The zero-order chi connectivity index (χ0) is 35.9. The number of fused-ring (bicyclic) bond motifs is 18. The van der Waals surface area contributed by atoms with Gasteiger partial charge in [0.2, 0.25) is 0 Å². The normalized spacial score (nSPS) is 17.5. The van der Waals surface area contributed by atoms with Crippen LogP contribution in [-0.2, 0) is 11.0 Å². The van der Waals surface area contributed by atoms with Crippen molar-refractivity contribution in [1.82, 2.24) is 9.13 Å². The standard InChI is InChI=1S/C52H38N2/c1-51(2)42-24-12-9-21-38(42)45-46-39-22-10-13-25-43(39)53(32-27-28-37-35-19-6-5-17-33(35)34-18-7-8-20-36(34)41(37)31-32)49(46)47-40-23-11-14-26-44(40)54(50(47)48(45)51)52(3)29-15-4-16-30-52/h4-29,31H,30H2,1-3H3. The second kappa shape index (κ2) is 10.4. The Balaban J connectivity index is 1.35. The van der Waals surface area contributed by atoms with E-state index in [0.29, 0.717) is 0 Å². The zero-order valence-electron chi connectivity index (χ0n) is 30.7. The van der Waals surface area contributed by atoms with Crippen LogP contribution in [0.5, 0.6) is 0 Å². The molecule has 0 bridgehead atoms. The molecule has 0 N–H and O–H groups in total. The minimum atomic E-state index is -0.234. The quantitative estimate of drug-likeness (QED) is 0.160. The molecule has 0 saturated carbocycles. The van der Waals surface area contributed by atoms with Crippen molar-refractivity contribution in [2.45, 2.75) is 38.1 Å². The Morgan fingerprint density at radius 1 is 0.500 bits per heavy atom. The van der Waals surface area contributed by atoms with Crippen molar-refractivity contribution in [2.75, 3.05) is 0 Å². The van der Waals surface area contributed by atoms with Gasteiger partial charge in [-0.15, -0.1) is 0 Å². The molecule has 0 aliphatic heterocycles. The van der Waals surface area contributed by atoms with Crippen molar-refractivity contribution in [3.63, 3.8) is 0 Å². The maximum Gasteiger partial charge on any atom is 0.0647 e. The average Bonchev–Trinajstić information content (AvgIpc) is 3.82. The van der Waals surface area contributed by atoms with Crippen LogP contribution in [-0.4, -0.2) is 9.13 Å². The Kier molecular flexibility index (Phi) is 5.80. The van der Waals surface area contributed by atoms with Gasteiger partial charge in [-0.3, -0.25) is 0 Å². The fourth-order valence-corrected chi connectivity index (χ4v) is 10.7. The predicted molar refractivity (Wildman–Crippen MR) is 230 cm³/mol. The lowest BCUT2D eigenvalue weighted by atomic mass is 9.80. The molecule has 0 fully saturated rings. The molecule has 2 nitrogen and oxygen atoms in total. The van der Waals surface area contributed by atoms with Crippen LogP contribution in [0.2, 0.25) is 0 Å². The summed E-state index contributed by atoms with van der Waals surface area (Å²) in [5, 5.41) is 13.0. The Hall–Kier alpha value is -6.38. The smallest absolute Gasteiger partial charge is 0.0647 e. The zero-order valence-corrected chi connectivity index (χ0v) is 30.7. The summed E-state index contributed by atoms with van der Waals surface area (Å²) in [5.41, 5.74) is 11.5. The maximum absolute atomic E-state index is 2.70. The van der Waals surface area contributed by atoms with E-state index >= 15 is 0 Å². The van der Waals surface area contributed by atoms with Gasteiger partial charge in [-0.05, 0) is 92.2 Å². The first-order chi connectivity index (χ1) is 26.5. The summed E-state index contributed by atoms with van der Waals surface area (Å²) in [6, 6.07) is 52.4. The predicted octanol–water partition coefficient (Wildman–Crippen LogP) is 13.9. The van der Waals surface area contributed by atoms with Gasteiger partial charge in [-0.2, -0.15) is 0 Å². The number of nitrogens with zero attached hydrogens (tertiary/aromatic N) is 2. The summed E-state index contributed by atoms with van der Waals surface area (Å²) >= 11 is 0. The number of hydrogen-bond donors (Lipinski definition) is 0. The monoisotopic (exact) mass is 690 g/mol. The molecule has 1 unspecified atom stereocenters. The average molecular weight is 691 g/mol.